The first kappa shape index (κ1) is 20.7. The van der Waals surface area contributed by atoms with E-state index in [-0.39, 0.29) is 18.8 Å². The number of carbonyl (C=O) groups is 1. The summed E-state index contributed by atoms with van der Waals surface area (Å²) in [5.41, 5.74) is 2.33. The van der Waals surface area contributed by atoms with Gasteiger partial charge in [-0.25, -0.2) is 4.39 Å². The van der Waals surface area contributed by atoms with Gasteiger partial charge in [0.15, 0.2) is 0 Å². The minimum absolute atomic E-state index is 0.0654. The number of anilines is 1. The SMILES string of the molecule is CCCNc1cc(F)cc(COc2c(Br)cc(CCC(=O)O)cc2Br)c1. The molecule has 2 aromatic carbocycles. The van der Waals surface area contributed by atoms with Crippen LogP contribution in [-0.2, 0) is 17.8 Å². The summed E-state index contributed by atoms with van der Waals surface area (Å²) in [4.78, 5) is 10.7. The first-order valence-corrected chi connectivity index (χ1v) is 9.83. The lowest BCUT2D eigenvalue weighted by Gasteiger charge is -2.13. The lowest BCUT2D eigenvalue weighted by Crippen LogP contribution is -2.03. The van der Waals surface area contributed by atoms with E-state index in [4.69, 9.17) is 9.84 Å². The molecular weight excluding hydrogens is 469 g/mol. The Kier molecular flexibility index (Phi) is 7.90. The number of halogens is 3. The number of hydrogen-bond acceptors (Lipinski definition) is 3. The highest BCUT2D eigenvalue weighted by Gasteiger charge is 2.11. The van der Waals surface area contributed by atoms with E-state index in [2.05, 4.69) is 37.2 Å². The normalized spacial score (nSPS) is 10.6. The molecular formula is C19H20Br2FNO3. The highest BCUT2D eigenvalue weighted by Crippen LogP contribution is 2.35. The summed E-state index contributed by atoms with van der Waals surface area (Å²) in [5.74, 6) is -0.556. The minimum atomic E-state index is -0.837. The molecule has 0 radical (unpaired) electrons. The molecule has 26 heavy (non-hydrogen) atoms. The van der Waals surface area contributed by atoms with Crippen LogP contribution in [0.4, 0.5) is 10.1 Å². The molecule has 2 N–H and O–H groups in total. The van der Waals surface area contributed by atoms with Crippen molar-refractivity contribution >= 4 is 43.5 Å². The number of aliphatic carboxylic acids is 1. The van der Waals surface area contributed by atoms with E-state index in [0.29, 0.717) is 21.1 Å². The maximum Gasteiger partial charge on any atom is 0.303 e. The molecule has 0 aromatic heterocycles. The van der Waals surface area contributed by atoms with E-state index >= 15 is 0 Å². The molecule has 0 aliphatic carbocycles. The third kappa shape index (κ3) is 6.29. The molecule has 0 spiro atoms. The van der Waals surface area contributed by atoms with Crippen molar-refractivity contribution in [3.8, 4) is 5.75 Å². The van der Waals surface area contributed by atoms with Crippen LogP contribution >= 0.6 is 31.9 Å². The van der Waals surface area contributed by atoms with Crippen LogP contribution in [0.15, 0.2) is 39.3 Å². The Hall–Kier alpha value is -1.60. The second-order valence-corrected chi connectivity index (χ2v) is 7.55. The summed E-state index contributed by atoms with van der Waals surface area (Å²) in [6, 6.07) is 8.44. The average molecular weight is 489 g/mol. The van der Waals surface area contributed by atoms with Crippen LogP contribution in [0.3, 0.4) is 0 Å². The second-order valence-electron chi connectivity index (χ2n) is 5.85. The Bertz CT molecular complexity index is 760. The predicted octanol–water partition coefficient (Wildman–Crippen LogP) is 5.77. The minimum Gasteiger partial charge on any atom is -0.487 e. The largest absolute Gasteiger partial charge is 0.487 e. The van der Waals surface area contributed by atoms with Crippen LogP contribution < -0.4 is 10.1 Å². The van der Waals surface area contributed by atoms with Crippen molar-refractivity contribution in [2.45, 2.75) is 32.8 Å². The van der Waals surface area contributed by atoms with Crippen LogP contribution in [0, 0.1) is 5.82 Å². The van der Waals surface area contributed by atoms with E-state index in [9.17, 15) is 9.18 Å². The van der Waals surface area contributed by atoms with E-state index < -0.39 is 5.97 Å². The van der Waals surface area contributed by atoms with Crippen LogP contribution in [0.2, 0.25) is 0 Å². The molecule has 0 amide bonds. The third-order valence-electron chi connectivity index (χ3n) is 3.61. The Morgan fingerprint density at radius 1 is 1.15 bits per heavy atom. The molecule has 0 saturated heterocycles. The smallest absolute Gasteiger partial charge is 0.303 e. The number of carboxylic acid groups (broad SMARTS) is 1. The van der Waals surface area contributed by atoms with Crippen LogP contribution in [0.25, 0.3) is 0 Å². The lowest BCUT2D eigenvalue weighted by atomic mass is 10.1. The van der Waals surface area contributed by atoms with Crippen molar-refractivity contribution in [2.24, 2.45) is 0 Å². The monoisotopic (exact) mass is 487 g/mol. The van der Waals surface area contributed by atoms with Gasteiger partial charge in [-0.15, -0.1) is 0 Å². The number of rotatable bonds is 9. The summed E-state index contributed by atoms with van der Waals surface area (Å²) < 4.78 is 21.1. The number of ether oxygens (including phenoxy) is 1. The number of aryl methyl sites for hydroxylation is 1. The Morgan fingerprint density at radius 2 is 1.85 bits per heavy atom. The summed E-state index contributed by atoms with van der Waals surface area (Å²) >= 11 is 6.91. The van der Waals surface area contributed by atoms with Gasteiger partial charge >= 0.3 is 5.97 Å². The fourth-order valence-corrected chi connectivity index (χ4v) is 3.92. The van der Waals surface area contributed by atoms with Gasteiger partial charge in [0.25, 0.3) is 0 Å². The maximum atomic E-state index is 13.8. The summed E-state index contributed by atoms with van der Waals surface area (Å²) in [6.07, 6.45) is 1.45. The number of nitrogens with one attached hydrogen (secondary N) is 1. The lowest BCUT2D eigenvalue weighted by molar-refractivity contribution is -0.136. The van der Waals surface area contributed by atoms with Gasteiger partial charge in [0.1, 0.15) is 18.2 Å². The molecule has 0 fully saturated rings. The Labute approximate surface area is 169 Å². The van der Waals surface area contributed by atoms with Gasteiger partial charge in [-0.2, -0.15) is 0 Å². The molecule has 2 aromatic rings. The van der Waals surface area contributed by atoms with Gasteiger partial charge in [-0.05, 0) is 86.2 Å². The third-order valence-corrected chi connectivity index (χ3v) is 4.78. The molecule has 0 bridgehead atoms. The van der Waals surface area contributed by atoms with Crippen molar-refractivity contribution in [1.29, 1.82) is 0 Å². The fourth-order valence-electron chi connectivity index (χ4n) is 2.41. The van der Waals surface area contributed by atoms with Gasteiger partial charge in [0.2, 0.25) is 0 Å². The first-order valence-electron chi connectivity index (χ1n) is 8.25. The number of benzene rings is 2. The van der Waals surface area contributed by atoms with Gasteiger partial charge in [0, 0.05) is 18.7 Å². The second kappa shape index (κ2) is 9.92. The highest BCUT2D eigenvalue weighted by molar-refractivity contribution is 9.11. The highest BCUT2D eigenvalue weighted by atomic mass is 79.9. The zero-order chi connectivity index (χ0) is 19.1. The zero-order valence-electron chi connectivity index (χ0n) is 14.3. The van der Waals surface area contributed by atoms with Crippen molar-refractivity contribution in [1.82, 2.24) is 0 Å². The molecule has 0 unspecified atom stereocenters. The average Bonchev–Trinajstić information content (AvgIpc) is 2.57. The molecule has 0 aliphatic heterocycles. The van der Waals surface area contributed by atoms with E-state index in [1.807, 2.05) is 25.1 Å². The van der Waals surface area contributed by atoms with E-state index in [1.165, 1.54) is 12.1 Å². The predicted molar refractivity (Wildman–Crippen MR) is 107 cm³/mol. The van der Waals surface area contributed by atoms with Gasteiger partial charge in [0.05, 0.1) is 8.95 Å². The molecule has 140 valence electrons. The maximum absolute atomic E-state index is 13.8. The fraction of sp³-hybridized carbons (Fsp3) is 0.316. The van der Waals surface area contributed by atoms with Crippen molar-refractivity contribution < 1.29 is 19.0 Å². The first-order chi connectivity index (χ1) is 12.4. The quantitative estimate of drug-likeness (QED) is 0.470. The standard InChI is InChI=1S/C19H20Br2FNO3/c1-2-5-23-15-7-13(6-14(22)10-15)11-26-19-16(20)8-12(9-17(19)21)3-4-18(24)25/h6-10,23H,2-5,11H2,1H3,(H,24,25). The molecule has 0 heterocycles. The van der Waals surface area contributed by atoms with E-state index in [1.54, 1.807) is 0 Å². The van der Waals surface area contributed by atoms with Crippen LogP contribution in [0.1, 0.15) is 30.9 Å². The Morgan fingerprint density at radius 3 is 2.46 bits per heavy atom. The number of carboxylic acids is 1. The van der Waals surface area contributed by atoms with E-state index in [0.717, 1.165) is 29.8 Å². The number of hydrogen-bond donors (Lipinski definition) is 2. The van der Waals surface area contributed by atoms with Crippen LogP contribution in [-0.4, -0.2) is 17.6 Å². The van der Waals surface area contributed by atoms with Crippen molar-refractivity contribution in [3.63, 3.8) is 0 Å². The molecule has 7 heteroatoms. The molecule has 0 aliphatic rings. The van der Waals surface area contributed by atoms with Gasteiger partial charge < -0.3 is 15.2 Å². The zero-order valence-corrected chi connectivity index (χ0v) is 17.5. The molecule has 2 rings (SSSR count). The Balaban J connectivity index is 2.09. The van der Waals surface area contributed by atoms with Crippen molar-refractivity contribution in [3.05, 3.63) is 56.2 Å². The topological polar surface area (TPSA) is 58.6 Å². The summed E-state index contributed by atoms with van der Waals surface area (Å²) in [6.45, 7) is 3.04. The van der Waals surface area contributed by atoms with Crippen LogP contribution in [0.5, 0.6) is 5.75 Å². The van der Waals surface area contributed by atoms with Gasteiger partial charge in [-0.3, -0.25) is 4.79 Å². The van der Waals surface area contributed by atoms with Crippen molar-refractivity contribution in [2.75, 3.05) is 11.9 Å². The molecule has 4 nitrogen and oxygen atoms in total. The molecule has 0 atom stereocenters. The summed E-state index contributed by atoms with van der Waals surface area (Å²) in [5, 5.41) is 12.0. The summed E-state index contributed by atoms with van der Waals surface area (Å²) in [7, 11) is 0. The molecule has 0 saturated carbocycles. The van der Waals surface area contributed by atoms with Gasteiger partial charge in [-0.1, -0.05) is 6.92 Å².